The monoisotopic (exact) mass is 274 g/mol. The highest BCUT2D eigenvalue weighted by Crippen LogP contribution is 2.31. The maximum absolute atomic E-state index is 6.08. The van der Waals surface area contributed by atoms with Crippen molar-refractivity contribution in [1.29, 1.82) is 0 Å². The molecule has 0 saturated heterocycles. The normalized spacial score (nSPS) is 10.8. The number of hydrogen-bond acceptors (Lipinski definition) is 4. The second-order valence-corrected chi connectivity index (χ2v) is 4.55. The van der Waals surface area contributed by atoms with Crippen LogP contribution in [0.15, 0.2) is 36.7 Å². The lowest BCUT2D eigenvalue weighted by atomic mass is 10.3. The number of nitrogen functional groups attached to an aromatic ring is 1. The van der Waals surface area contributed by atoms with E-state index in [0.717, 1.165) is 11.2 Å². The fraction of sp³-hybridized carbons (Fsp3) is 0.0769. The molecule has 0 saturated carbocycles. The van der Waals surface area contributed by atoms with Gasteiger partial charge in [0.25, 0.3) is 0 Å². The molecule has 0 aliphatic heterocycles. The highest BCUT2D eigenvalue weighted by atomic mass is 35.5. The number of benzene rings is 1. The Balaban J connectivity index is 2.05. The molecule has 96 valence electrons. The van der Waals surface area contributed by atoms with Crippen LogP contribution in [-0.4, -0.2) is 14.6 Å². The SMILES string of the molecule is Cc1cc2c(Oc3ccc(N)cc3Cl)nccn2n1. The zero-order valence-corrected chi connectivity index (χ0v) is 10.9. The van der Waals surface area contributed by atoms with Crippen molar-refractivity contribution in [2.45, 2.75) is 6.92 Å². The number of hydrogen-bond donors (Lipinski definition) is 1. The summed E-state index contributed by atoms with van der Waals surface area (Å²) >= 11 is 6.08. The lowest BCUT2D eigenvalue weighted by molar-refractivity contribution is 0.466. The van der Waals surface area contributed by atoms with Crippen molar-refractivity contribution < 1.29 is 4.74 Å². The number of ether oxygens (including phenoxy) is 1. The van der Waals surface area contributed by atoms with Crippen LogP contribution in [0.2, 0.25) is 5.02 Å². The molecule has 2 aromatic heterocycles. The van der Waals surface area contributed by atoms with Crippen LogP contribution in [0.5, 0.6) is 11.6 Å². The Morgan fingerprint density at radius 2 is 2.16 bits per heavy atom. The van der Waals surface area contributed by atoms with Gasteiger partial charge in [-0.25, -0.2) is 9.50 Å². The summed E-state index contributed by atoms with van der Waals surface area (Å²) in [7, 11) is 0. The van der Waals surface area contributed by atoms with Crippen LogP contribution in [0.1, 0.15) is 5.69 Å². The predicted octanol–water partition coefficient (Wildman–Crippen LogP) is 3.07. The summed E-state index contributed by atoms with van der Waals surface area (Å²) in [5, 5.41) is 4.74. The zero-order valence-electron chi connectivity index (χ0n) is 10.2. The number of anilines is 1. The standard InChI is InChI=1S/C13H11ClN4O/c1-8-6-11-13(16-4-5-18(11)17-8)19-12-3-2-9(15)7-10(12)14/h2-7H,15H2,1H3. The van der Waals surface area contributed by atoms with Gasteiger partial charge in [-0.1, -0.05) is 11.6 Å². The molecule has 1 aromatic carbocycles. The van der Waals surface area contributed by atoms with Crippen LogP contribution >= 0.6 is 11.6 Å². The summed E-state index contributed by atoms with van der Waals surface area (Å²) < 4.78 is 7.44. The van der Waals surface area contributed by atoms with Gasteiger partial charge in [0.1, 0.15) is 11.3 Å². The third-order valence-electron chi connectivity index (χ3n) is 2.64. The van der Waals surface area contributed by atoms with Crippen LogP contribution < -0.4 is 10.5 Å². The van der Waals surface area contributed by atoms with Crippen LogP contribution in [0.4, 0.5) is 5.69 Å². The van der Waals surface area contributed by atoms with Gasteiger partial charge in [-0.05, 0) is 31.2 Å². The Morgan fingerprint density at radius 3 is 2.95 bits per heavy atom. The molecular formula is C13H11ClN4O. The first-order valence-electron chi connectivity index (χ1n) is 5.67. The number of fused-ring (bicyclic) bond motifs is 1. The van der Waals surface area contributed by atoms with E-state index in [9.17, 15) is 0 Å². The van der Waals surface area contributed by atoms with Crippen molar-refractivity contribution >= 4 is 22.8 Å². The molecular weight excluding hydrogens is 264 g/mol. The van der Waals surface area contributed by atoms with Crippen molar-refractivity contribution in [1.82, 2.24) is 14.6 Å². The van der Waals surface area contributed by atoms with E-state index in [2.05, 4.69) is 10.1 Å². The minimum Gasteiger partial charge on any atom is -0.435 e. The molecule has 0 amide bonds. The third kappa shape index (κ3) is 2.20. The van der Waals surface area contributed by atoms with Crippen molar-refractivity contribution in [3.8, 4) is 11.6 Å². The third-order valence-corrected chi connectivity index (χ3v) is 2.93. The summed E-state index contributed by atoms with van der Waals surface area (Å²) in [5.74, 6) is 0.963. The summed E-state index contributed by atoms with van der Waals surface area (Å²) in [6.07, 6.45) is 3.39. The fourth-order valence-electron chi connectivity index (χ4n) is 1.80. The molecule has 0 unspecified atom stereocenters. The zero-order chi connectivity index (χ0) is 13.4. The molecule has 0 aliphatic rings. The van der Waals surface area contributed by atoms with E-state index < -0.39 is 0 Å². The van der Waals surface area contributed by atoms with Gasteiger partial charge in [-0.15, -0.1) is 0 Å². The van der Waals surface area contributed by atoms with Gasteiger partial charge >= 0.3 is 0 Å². The smallest absolute Gasteiger partial charge is 0.245 e. The Bertz CT molecular complexity index is 753. The second-order valence-electron chi connectivity index (χ2n) is 4.14. The molecule has 3 rings (SSSR count). The van der Waals surface area contributed by atoms with Crippen molar-refractivity contribution in [2.24, 2.45) is 0 Å². The molecule has 2 heterocycles. The molecule has 3 aromatic rings. The molecule has 6 heteroatoms. The summed E-state index contributed by atoms with van der Waals surface area (Å²) in [5.41, 5.74) is 7.91. The van der Waals surface area contributed by atoms with Gasteiger partial charge in [0, 0.05) is 18.1 Å². The molecule has 0 bridgehead atoms. The van der Waals surface area contributed by atoms with Crippen LogP contribution in [-0.2, 0) is 0 Å². The van der Waals surface area contributed by atoms with Gasteiger partial charge in [0.05, 0.1) is 10.7 Å². The number of rotatable bonds is 2. The number of nitrogens with zero attached hydrogens (tertiary/aromatic N) is 3. The molecule has 2 N–H and O–H groups in total. The van der Waals surface area contributed by atoms with Gasteiger partial charge < -0.3 is 10.5 Å². The van der Waals surface area contributed by atoms with Crippen molar-refractivity contribution in [3.05, 3.63) is 47.4 Å². The molecule has 0 aliphatic carbocycles. The summed E-state index contributed by atoms with van der Waals surface area (Å²) in [6.45, 7) is 1.91. The highest BCUT2D eigenvalue weighted by Gasteiger charge is 2.10. The Kier molecular flexibility index (Phi) is 2.76. The predicted molar refractivity (Wildman–Crippen MR) is 73.7 cm³/mol. The molecule has 5 nitrogen and oxygen atoms in total. The van der Waals surface area contributed by atoms with Gasteiger partial charge in [0.2, 0.25) is 5.88 Å². The average molecular weight is 275 g/mol. The molecule has 0 fully saturated rings. The number of aryl methyl sites for hydroxylation is 1. The van der Waals surface area contributed by atoms with Gasteiger partial charge in [0.15, 0.2) is 0 Å². The average Bonchev–Trinajstić information content (AvgIpc) is 2.74. The Hall–Kier alpha value is -2.27. The second kappa shape index (κ2) is 4.44. The van der Waals surface area contributed by atoms with E-state index in [-0.39, 0.29) is 0 Å². The van der Waals surface area contributed by atoms with E-state index in [1.165, 1.54) is 0 Å². The number of halogens is 1. The largest absolute Gasteiger partial charge is 0.435 e. The molecule has 0 spiro atoms. The topological polar surface area (TPSA) is 65.4 Å². The fourth-order valence-corrected chi connectivity index (χ4v) is 2.03. The van der Waals surface area contributed by atoms with E-state index in [1.807, 2.05) is 13.0 Å². The molecule has 0 radical (unpaired) electrons. The first-order chi connectivity index (χ1) is 9.13. The van der Waals surface area contributed by atoms with Crippen molar-refractivity contribution in [3.63, 3.8) is 0 Å². The van der Waals surface area contributed by atoms with E-state index in [1.54, 1.807) is 35.1 Å². The molecule has 0 atom stereocenters. The number of nitrogens with two attached hydrogens (primary N) is 1. The van der Waals surface area contributed by atoms with E-state index >= 15 is 0 Å². The van der Waals surface area contributed by atoms with Crippen LogP contribution in [0.25, 0.3) is 5.52 Å². The van der Waals surface area contributed by atoms with Gasteiger partial charge in [-0.2, -0.15) is 5.10 Å². The van der Waals surface area contributed by atoms with Gasteiger partial charge in [-0.3, -0.25) is 0 Å². The number of aromatic nitrogens is 3. The minimum atomic E-state index is 0.444. The lowest BCUT2D eigenvalue weighted by Crippen LogP contribution is -1.94. The van der Waals surface area contributed by atoms with E-state index in [4.69, 9.17) is 22.1 Å². The maximum Gasteiger partial charge on any atom is 0.245 e. The Morgan fingerprint density at radius 1 is 1.32 bits per heavy atom. The Labute approximate surface area is 114 Å². The minimum absolute atomic E-state index is 0.444. The quantitative estimate of drug-likeness (QED) is 0.730. The summed E-state index contributed by atoms with van der Waals surface area (Å²) in [6, 6.07) is 6.97. The first kappa shape index (κ1) is 11.8. The summed E-state index contributed by atoms with van der Waals surface area (Å²) in [4.78, 5) is 4.21. The highest BCUT2D eigenvalue weighted by molar-refractivity contribution is 6.32. The first-order valence-corrected chi connectivity index (χ1v) is 6.05. The van der Waals surface area contributed by atoms with Crippen LogP contribution in [0, 0.1) is 6.92 Å². The van der Waals surface area contributed by atoms with E-state index in [0.29, 0.717) is 22.3 Å². The van der Waals surface area contributed by atoms with Crippen LogP contribution in [0.3, 0.4) is 0 Å². The molecule has 19 heavy (non-hydrogen) atoms. The van der Waals surface area contributed by atoms with Crippen molar-refractivity contribution in [2.75, 3.05) is 5.73 Å². The maximum atomic E-state index is 6.08. The lowest BCUT2D eigenvalue weighted by Gasteiger charge is -2.07.